The molecule has 1 aromatic heterocycles. The summed E-state index contributed by atoms with van der Waals surface area (Å²) < 4.78 is 0. The second-order valence-electron chi connectivity index (χ2n) is 6.06. The molecule has 0 unspecified atom stereocenters. The van der Waals surface area contributed by atoms with Crippen LogP contribution in [0.3, 0.4) is 0 Å². The van der Waals surface area contributed by atoms with Crippen LogP contribution in [0.2, 0.25) is 0 Å². The van der Waals surface area contributed by atoms with Gasteiger partial charge in [0.25, 0.3) is 0 Å². The third-order valence-electron chi connectivity index (χ3n) is 4.31. The Hall–Kier alpha value is -2.67. The Morgan fingerprint density at radius 1 is 0.885 bits per heavy atom. The molecule has 0 aliphatic carbocycles. The summed E-state index contributed by atoms with van der Waals surface area (Å²) >= 11 is 1.40. The van der Waals surface area contributed by atoms with E-state index in [1.165, 1.54) is 11.3 Å². The van der Waals surface area contributed by atoms with E-state index in [4.69, 9.17) is 0 Å². The molecule has 1 fully saturated rings. The molecular formula is C19H21N3O3S. The molecule has 3 rings (SSSR count). The number of thiophene rings is 1. The van der Waals surface area contributed by atoms with Gasteiger partial charge in [0.15, 0.2) is 5.78 Å². The number of rotatable bonds is 5. The average Bonchev–Trinajstić information content (AvgIpc) is 3.21. The normalized spacial score (nSPS) is 14.2. The maximum absolute atomic E-state index is 12.3. The summed E-state index contributed by atoms with van der Waals surface area (Å²) in [5.41, 5.74) is 0.753. The van der Waals surface area contributed by atoms with E-state index in [9.17, 15) is 14.4 Å². The fraction of sp³-hybridized carbons (Fsp3) is 0.316. The maximum atomic E-state index is 12.3. The van der Waals surface area contributed by atoms with Crippen molar-refractivity contribution >= 4 is 34.7 Å². The molecule has 1 aromatic carbocycles. The molecule has 26 heavy (non-hydrogen) atoms. The van der Waals surface area contributed by atoms with E-state index in [1.807, 2.05) is 41.8 Å². The highest BCUT2D eigenvalue weighted by molar-refractivity contribution is 7.12. The molecule has 0 atom stereocenters. The number of benzene rings is 1. The van der Waals surface area contributed by atoms with Crippen molar-refractivity contribution in [2.75, 3.05) is 31.5 Å². The van der Waals surface area contributed by atoms with Gasteiger partial charge in [0.1, 0.15) is 0 Å². The Bertz CT molecular complexity index is 754. The van der Waals surface area contributed by atoms with E-state index >= 15 is 0 Å². The van der Waals surface area contributed by atoms with Gasteiger partial charge in [0.05, 0.1) is 4.88 Å². The van der Waals surface area contributed by atoms with Crippen LogP contribution in [0.4, 0.5) is 10.5 Å². The first-order chi connectivity index (χ1) is 12.6. The monoisotopic (exact) mass is 371 g/mol. The smallest absolute Gasteiger partial charge is 0.321 e. The van der Waals surface area contributed by atoms with Gasteiger partial charge in [0, 0.05) is 44.7 Å². The van der Waals surface area contributed by atoms with Gasteiger partial charge in [-0.05, 0) is 23.6 Å². The summed E-state index contributed by atoms with van der Waals surface area (Å²) in [4.78, 5) is 40.7. The van der Waals surface area contributed by atoms with E-state index in [2.05, 4.69) is 5.32 Å². The minimum Gasteiger partial charge on any atom is -0.339 e. The lowest BCUT2D eigenvalue weighted by atomic mass is 10.1. The number of hydrogen-bond acceptors (Lipinski definition) is 4. The van der Waals surface area contributed by atoms with Gasteiger partial charge < -0.3 is 15.1 Å². The van der Waals surface area contributed by atoms with Crippen LogP contribution < -0.4 is 5.32 Å². The van der Waals surface area contributed by atoms with Gasteiger partial charge in [-0.3, -0.25) is 9.59 Å². The SMILES string of the molecule is O=C(CCC(=O)N1CCN(C(=O)Nc2ccccc2)CC1)c1cccs1. The molecule has 0 radical (unpaired) electrons. The van der Waals surface area contributed by atoms with Crippen molar-refractivity contribution < 1.29 is 14.4 Å². The molecule has 1 N–H and O–H groups in total. The lowest BCUT2D eigenvalue weighted by Crippen LogP contribution is -2.51. The summed E-state index contributed by atoms with van der Waals surface area (Å²) in [7, 11) is 0. The molecule has 1 aliphatic rings. The number of amides is 3. The predicted octanol–water partition coefficient (Wildman–Crippen LogP) is 3.09. The number of Topliss-reactive ketones (excluding diaryl/α,β-unsaturated/α-hetero) is 1. The fourth-order valence-electron chi connectivity index (χ4n) is 2.82. The van der Waals surface area contributed by atoms with Crippen molar-refractivity contribution in [2.24, 2.45) is 0 Å². The standard InChI is InChI=1S/C19H21N3O3S/c23-16(17-7-4-14-26-17)8-9-18(24)21-10-12-22(13-11-21)19(25)20-15-5-2-1-3-6-15/h1-7,14H,8-13H2,(H,20,25). The molecule has 2 aromatic rings. The third kappa shape index (κ3) is 4.70. The van der Waals surface area contributed by atoms with Crippen molar-refractivity contribution in [3.05, 3.63) is 52.7 Å². The fourth-order valence-corrected chi connectivity index (χ4v) is 3.52. The number of nitrogens with zero attached hydrogens (tertiary/aromatic N) is 2. The van der Waals surface area contributed by atoms with Crippen LogP contribution in [-0.2, 0) is 4.79 Å². The number of piperazine rings is 1. The minimum atomic E-state index is -0.156. The second-order valence-corrected chi connectivity index (χ2v) is 7.01. The minimum absolute atomic E-state index is 0.00854. The Kier molecular flexibility index (Phi) is 6.01. The van der Waals surface area contributed by atoms with Crippen molar-refractivity contribution in [1.29, 1.82) is 0 Å². The van der Waals surface area contributed by atoms with Crippen LogP contribution in [-0.4, -0.2) is 53.7 Å². The van der Waals surface area contributed by atoms with E-state index in [0.29, 0.717) is 31.1 Å². The lowest BCUT2D eigenvalue weighted by molar-refractivity contribution is -0.132. The molecule has 0 bridgehead atoms. The quantitative estimate of drug-likeness (QED) is 0.821. The number of anilines is 1. The molecule has 0 spiro atoms. The third-order valence-corrected chi connectivity index (χ3v) is 5.22. The van der Waals surface area contributed by atoms with E-state index in [0.717, 1.165) is 5.69 Å². The molecule has 6 nitrogen and oxygen atoms in total. The van der Waals surface area contributed by atoms with Gasteiger partial charge in [0.2, 0.25) is 5.91 Å². The first-order valence-electron chi connectivity index (χ1n) is 8.59. The molecule has 2 heterocycles. The molecule has 1 saturated heterocycles. The summed E-state index contributed by atoms with van der Waals surface area (Å²) in [5, 5.41) is 4.71. The number of hydrogen-bond donors (Lipinski definition) is 1. The van der Waals surface area contributed by atoms with Crippen LogP contribution in [0.5, 0.6) is 0 Å². The molecule has 0 saturated carbocycles. The maximum Gasteiger partial charge on any atom is 0.321 e. The summed E-state index contributed by atoms with van der Waals surface area (Å²) in [6, 6.07) is 12.7. The zero-order valence-corrected chi connectivity index (χ0v) is 15.2. The number of nitrogens with one attached hydrogen (secondary N) is 1. The highest BCUT2D eigenvalue weighted by Crippen LogP contribution is 2.14. The lowest BCUT2D eigenvalue weighted by Gasteiger charge is -2.34. The first kappa shape index (κ1) is 18.1. The number of urea groups is 1. The van der Waals surface area contributed by atoms with Gasteiger partial charge in [-0.15, -0.1) is 11.3 Å². The van der Waals surface area contributed by atoms with Crippen LogP contribution in [0.15, 0.2) is 47.8 Å². The van der Waals surface area contributed by atoms with Gasteiger partial charge >= 0.3 is 6.03 Å². The molecule has 3 amide bonds. The van der Waals surface area contributed by atoms with E-state index in [1.54, 1.807) is 15.9 Å². The first-order valence-corrected chi connectivity index (χ1v) is 9.47. The van der Waals surface area contributed by atoms with Gasteiger partial charge in [-0.2, -0.15) is 0 Å². The second kappa shape index (κ2) is 8.62. The van der Waals surface area contributed by atoms with Crippen molar-refractivity contribution in [3.63, 3.8) is 0 Å². The van der Waals surface area contributed by atoms with E-state index in [-0.39, 0.29) is 30.6 Å². The largest absolute Gasteiger partial charge is 0.339 e. The van der Waals surface area contributed by atoms with Gasteiger partial charge in [-0.1, -0.05) is 24.3 Å². The Labute approximate surface area is 156 Å². The Morgan fingerprint density at radius 2 is 1.58 bits per heavy atom. The highest BCUT2D eigenvalue weighted by Gasteiger charge is 2.24. The summed E-state index contributed by atoms with van der Waals surface area (Å²) in [6.45, 7) is 1.97. The average molecular weight is 371 g/mol. The molecular weight excluding hydrogens is 350 g/mol. The van der Waals surface area contributed by atoms with E-state index < -0.39 is 0 Å². The summed E-state index contributed by atoms with van der Waals surface area (Å²) in [5.74, 6) is -0.0211. The number of para-hydroxylation sites is 1. The summed E-state index contributed by atoms with van der Waals surface area (Å²) in [6.07, 6.45) is 0.445. The van der Waals surface area contributed by atoms with Crippen molar-refractivity contribution in [2.45, 2.75) is 12.8 Å². The van der Waals surface area contributed by atoms with Crippen molar-refractivity contribution in [1.82, 2.24) is 9.80 Å². The highest BCUT2D eigenvalue weighted by atomic mass is 32.1. The van der Waals surface area contributed by atoms with Gasteiger partial charge in [-0.25, -0.2) is 4.79 Å². The Balaban J connectivity index is 1.42. The van der Waals surface area contributed by atoms with Crippen LogP contribution >= 0.6 is 11.3 Å². The zero-order valence-electron chi connectivity index (χ0n) is 14.4. The molecule has 7 heteroatoms. The van der Waals surface area contributed by atoms with Crippen molar-refractivity contribution in [3.8, 4) is 0 Å². The van der Waals surface area contributed by atoms with Crippen LogP contribution in [0.25, 0.3) is 0 Å². The predicted molar refractivity (Wildman–Crippen MR) is 101 cm³/mol. The van der Waals surface area contributed by atoms with Crippen LogP contribution in [0.1, 0.15) is 22.5 Å². The Morgan fingerprint density at radius 3 is 2.23 bits per heavy atom. The number of ketones is 1. The zero-order chi connectivity index (χ0) is 18.4. The molecule has 136 valence electrons. The van der Waals surface area contributed by atoms with Crippen LogP contribution in [0, 0.1) is 0 Å². The number of carbonyl (C=O) groups excluding carboxylic acids is 3. The molecule has 1 aliphatic heterocycles. The number of carbonyl (C=O) groups is 3. The topological polar surface area (TPSA) is 69.7 Å².